The monoisotopic (exact) mass is 541 g/mol. The Labute approximate surface area is 223 Å². The number of aliphatic hydroxyl groups excluding tert-OH is 2. The van der Waals surface area contributed by atoms with Crippen molar-refractivity contribution in [2.24, 2.45) is 11.3 Å². The highest BCUT2D eigenvalue weighted by molar-refractivity contribution is 6.32. The summed E-state index contributed by atoms with van der Waals surface area (Å²) in [6.07, 6.45) is 5.27. The van der Waals surface area contributed by atoms with Crippen molar-refractivity contribution in [3.05, 3.63) is 34.9 Å². The van der Waals surface area contributed by atoms with Gasteiger partial charge in [-0.15, -0.1) is 0 Å². The predicted molar refractivity (Wildman–Crippen MR) is 137 cm³/mol. The topological polar surface area (TPSA) is 135 Å². The lowest BCUT2D eigenvalue weighted by molar-refractivity contribution is -0.131. The maximum atomic E-state index is 13.0. The van der Waals surface area contributed by atoms with Gasteiger partial charge in [0.15, 0.2) is 12.2 Å². The second-order valence-electron chi connectivity index (χ2n) is 10.9. The van der Waals surface area contributed by atoms with Crippen LogP contribution in [0.25, 0.3) is 6.08 Å². The molecule has 0 bridgehead atoms. The highest BCUT2D eigenvalue weighted by Gasteiger charge is 2.72. The number of nitrogens with zero attached hydrogens (tertiary/aromatic N) is 1. The van der Waals surface area contributed by atoms with Crippen molar-refractivity contribution in [3.63, 3.8) is 0 Å². The van der Waals surface area contributed by atoms with Crippen molar-refractivity contribution >= 4 is 23.5 Å². The van der Waals surface area contributed by atoms with E-state index in [9.17, 15) is 20.1 Å². The first-order valence-corrected chi connectivity index (χ1v) is 13.3. The van der Waals surface area contributed by atoms with Crippen LogP contribution in [0.15, 0.2) is 27.7 Å². The maximum absolute atomic E-state index is 13.0. The number of carbonyl (C=O) groups excluding carboxylic acids is 1. The van der Waals surface area contributed by atoms with E-state index in [4.69, 9.17) is 30.2 Å². The fourth-order valence-electron chi connectivity index (χ4n) is 4.59. The van der Waals surface area contributed by atoms with Gasteiger partial charge >= 0.3 is 0 Å². The van der Waals surface area contributed by atoms with Crippen LogP contribution in [0.5, 0.6) is 0 Å². The zero-order chi connectivity index (χ0) is 27.4. The van der Waals surface area contributed by atoms with E-state index in [0.717, 1.165) is 19.3 Å². The Morgan fingerprint density at radius 1 is 1.32 bits per heavy atom. The molecule has 0 spiro atoms. The fourth-order valence-corrected chi connectivity index (χ4v) is 4.87. The summed E-state index contributed by atoms with van der Waals surface area (Å²) in [6, 6.07) is 0. The molecule has 1 aromatic rings. The van der Waals surface area contributed by atoms with Crippen molar-refractivity contribution in [1.82, 2.24) is 4.98 Å². The zero-order valence-electron chi connectivity index (χ0n) is 22.3. The second-order valence-corrected chi connectivity index (χ2v) is 11.3. The van der Waals surface area contributed by atoms with E-state index < -0.39 is 29.0 Å². The molecule has 37 heavy (non-hydrogen) atoms. The molecule has 3 heterocycles. The zero-order valence-corrected chi connectivity index (χ0v) is 23.1. The van der Waals surface area contributed by atoms with Crippen molar-refractivity contribution in [2.45, 2.75) is 103 Å². The summed E-state index contributed by atoms with van der Waals surface area (Å²) < 4.78 is 22.6. The largest absolute Gasteiger partial charge is 0.466 e. The highest BCUT2D eigenvalue weighted by Crippen LogP contribution is 2.53. The van der Waals surface area contributed by atoms with Crippen LogP contribution in [0.1, 0.15) is 84.7 Å². The number of hydrogen-bond acceptors (Lipinski definition) is 9. The van der Waals surface area contributed by atoms with Gasteiger partial charge in [-0.2, -0.15) is 0 Å². The summed E-state index contributed by atoms with van der Waals surface area (Å²) in [5.74, 6) is -1.23. The Morgan fingerprint density at radius 3 is 2.70 bits per heavy atom. The molecule has 2 aliphatic heterocycles. The molecule has 5 atom stereocenters. The Kier molecular flexibility index (Phi) is 9.51. The Balaban J connectivity index is 1.98. The van der Waals surface area contributed by atoms with E-state index in [0.29, 0.717) is 30.9 Å². The Hall–Kier alpha value is -1.91. The third-order valence-electron chi connectivity index (χ3n) is 7.33. The number of fused-ring (bicyclic) bond motifs is 1. The fraction of sp³-hybridized carbons (Fsp3) is 0.704. The lowest BCUT2D eigenvalue weighted by atomic mass is 9.81. The molecule has 1 fully saturated rings. The molecule has 3 rings (SSSR count). The summed E-state index contributed by atoms with van der Waals surface area (Å²) in [5, 5.41) is 31.9. The molecule has 0 radical (unpaired) electrons. The minimum Gasteiger partial charge on any atom is -0.466 e. The summed E-state index contributed by atoms with van der Waals surface area (Å²) >= 11 is 6.62. The number of carbonyl (C=O) groups is 1. The molecule has 1 aromatic heterocycles. The number of aliphatic hydroxyl groups is 3. The van der Waals surface area contributed by atoms with Crippen LogP contribution >= 0.6 is 11.6 Å². The Morgan fingerprint density at radius 2 is 2.05 bits per heavy atom. The SMILES string of the molecule is CCO/C1=C\CC(C)(C)C(=O)CCC(C)CCCC2(C)OC2(O)C(O)C(C(Cl)=Cc2coc(CO)n2)O1. The summed E-state index contributed by atoms with van der Waals surface area (Å²) in [6.45, 7) is 9.30. The molecule has 0 aromatic carbocycles. The van der Waals surface area contributed by atoms with Gasteiger partial charge in [0.25, 0.3) is 5.95 Å². The van der Waals surface area contributed by atoms with Crippen LogP contribution in [0.3, 0.4) is 0 Å². The van der Waals surface area contributed by atoms with Gasteiger partial charge in [-0.3, -0.25) is 4.79 Å². The van der Waals surface area contributed by atoms with Crippen LogP contribution in [0, 0.1) is 11.3 Å². The van der Waals surface area contributed by atoms with Gasteiger partial charge in [-0.05, 0) is 51.2 Å². The number of oxazole rings is 1. The molecule has 3 N–H and O–H groups in total. The lowest BCUT2D eigenvalue weighted by Crippen LogP contribution is -2.46. The van der Waals surface area contributed by atoms with Gasteiger partial charge in [0, 0.05) is 11.8 Å². The van der Waals surface area contributed by atoms with Gasteiger partial charge in [0.1, 0.15) is 29.9 Å². The molecule has 10 heteroatoms. The molecule has 1 saturated heterocycles. The third kappa shape index (κ3) is 6.95. The standard InChI is InChI=1S/C27H40ClNO8/c1-6-34-22-11-13-25(3,4)20(31)10-9-17(2)8-7-12-26(5)27(33,37-26)24(32)23(36-22)19(28)14-18-16-35-21(15-30)29-18/h11,14,16-17,23-24,30,32-33H,6-10,12-13,15H2,1-5H3/b19-14?,22-11+. The van der Waals surface area contributed by atoms with Crippen LogP contribution in [0.2, 0.25) is 0 Å². The molecule has 9 nitrogen and oxygen atoms in total. The van der Waals surface area contributed by atoms with Crippen LogP contribution in [-0.4, -0.2) is 56.3 Å². The number of epoxide rings is 1. The van der Waals surface area contributed by atoms with Gasteiger partial charge in [0.2, 0.25) is 11.7 Å². The number of hydrogen-bond donors (Lipinski definition) is 3. The van der Waals surface area contributed by atoms with Crippen molar-refractivity contribution in [2.75, 3.05) is 6.61 Å². The van der Waals surface area contributed by atoms with Crippen LogP contribution in [0.4, 0.5) is 0 Å². The lowest BCUT2D eigenvalue weighted by Gasteiger charge is -2.29. The van der Waals surface area contributed by atoms with Gasteiger partial charge in [-0.25, -0.2) is 4.98 Å². The molecule has 208 valence electrons. The minimum absolute atomic E-state index is 0.00671. The van der Waals surface area contributed by atoms with Crippen LogP contribution < -0.4 is 0 Å². The average Bonchev–Trinajstić information content (AvgIpc) is 3.16. The van der Waals surface area contributed by atoms with Crippen LogP contribution in [-0.2, 0) is 25.6 Å². The van der Waals surface area contributed by atoms with Crippen molar-refractivity contribution in [3.8, 4) is 0 Å². The minimum atomic E-state index is -1.89. The number of ketones is 1. The predicted octanol–water partition coefficient (Wildman–Crippen LogP) is 4.43. The number of ether oxygens (including phenoxy) is 3. The summed E-state index contributed by atoms with van der Waals surface area (Å²) in [4.78, 5) is 17.1. The first-order chi connectivity index (χ1) is 17.3. The maximum Gasteiger partial charge on any atom is 0.275 e. The molecule has 5 unspecified atom stereocenters. The third-order valence-corrected chi connectivity index (χ3v) is 7.65. The van der Waals surface area contributed by atoms with E-state index in [1.165, 1.54) is 12.3 Å². The Bertz CT molecular complexity index is 1000. The second kappa shape index (κ2) is 11.9. The number of aromatic nitrogens is 1. The van der Waals surface area contributed by atoms with Gasteiger partial charge < -0.3 is 33.9 Å². The van der Waals surface area contributed by atoms with Crippen molar-refractivity contribution < 1.29 is 38.7 Å². The quantitative estimate of drug-likeness (QED) is 0.462. The molecule has 0 saturated carbocycles. The highest BCUT2D eigenvalue weighted by atomic mass is 35.5. The van der Waals surface area contributed by atoms with Gasteiger partial charge in [-0.1, -0.05) is 45.2 Å². The summed E-state index contributed by atoms with van der Waals surface area (Å²) in [7, 11) is 0. The van der Waals surface area contributed by atoms with Crippen molar-refractivity contribution in [1.29, 1.82) is 0 Å². The molecule has 2 aliphatic rings. The number of halogens is 1. The molecule has 0 amide bonds. The van der Waals surface area contributed by atoms with E-state index in [2.05, 4.69) is 11.9 Å². The van der Waals surface area contributed by atoms with E-state index in [1.54, 1.807) is 19.9 Å². The molecular weight excluding hydrogens is 502 g/mol. The smallest absolute Gasteiger partial charge is 0.275 e. The number of Topliss-reactive ketones (excluding diaryl/α,β-unsaturated/α-hetero) is 1. The number of rotatable bonds is 5. The van der Waals surface area contributed by atoms with E-state index >= 15 is 0 Å². The normalized spacial score (nSPS) is 35.2. The first-order valence-electron chi connectivity index (χ1n) is 12.9. The van der Waals surface area contributed by atoms with E-state index in [1.807, 2.05) is 13.8 Å². The number of allylic oxidation sites excluding steroid dienone is 1. The van der Waals surface area contributed by atoms with Gasteiger partial charge in [0.05, 0.1) is 11.6 Å². The first kappa shape index (κ1) is 29.6. The van der Waals surface area contributed by atoms with E-state index in [-0.39, 0.29) is 35.9 Å². The average molecular weight is 542 g/mol. The summed E-state index contributed by atoms with van der Waals surface area (Å²) in [5.41, 5.74) is -1.34. The molecule has 0 aliphatic carbocycles. The molecular formula is C27H40ClNO8.